The van der Waals surface area contributed by atoms with Gasteiger partial charge < -0.3 is 4.74 Å². The van der Waals surface area contributed by atoms with Gasteiger partial charge in [0, 0.05) is 0 Å². The molecule has 2 rings (SSSR count). The monoisotopic (exact) mass is 265 g/mol. The van der Waals surface area contributed by atoms with Crippen molar-refractivity contribution in [2.45, 2.75) is 18.9 Å². The number of nitrogens with zero attached hydrogens (tertiary/aromatic N) is 1. The fourth-order valence-electron chi connectivity index (χ4n) is 1.57. The molecular weight excluding hydrogens is 254 g/mol. The minimum absolute atomic E-state index is 0.0921. The van der Waals surface area contributed by atoms with Crippen molar-refractivity contribution in [3.05, 3.63) is 11.2 Å². The lowest BCUT2D eigenvalue weighted by Crippen LogP contribution is -2.28. The Hall–Kier alpha value is -0.890. The molecule has 0 aromatic carbocycles. The third-order valence-electron chi connectivity index (χ3n) is 2.40. The lowest BCUT2D eigenvalue weighted by atomic mass is 10.2. The fraction of sp³-hybridized carbons (Fsp3) is 0.625. The second kappa shape index (κ2) is 3.85. The highest BCUT2D eigenvalue weighted by Gasteiger charge is 2.26. The van der Waals surface area contributed by atoms with Crippen LogP contribution in [0, 0.1) is 0 Å². The largest absolute Gasteiger partial charge is 0.488 e. The van der Waals surface area contributed by atoms with Crippen LogP contribution >= 0.6 is 0 Å². The number of ether oxygens (including phenoxy) is 1. The van der Waals surface area contributed by atoms with Crippen LogP contribution in [0.1, 0.15) is 12.8 Å². The van der Waals surface area contributed by atoms with Crippen molar-refractivity contribution in [2.24, 2.45) is 4.40 Å². The third-order valence-corrected chi connectivity index (χ3v) is 5.04. The van der Waals surface area contributed by atoms with Crippen molar-refractivity contribution >= 4 is 26.1 Å². The van der Waals surface area contributed by atoms with Crippen molar-refractivity contribution in [3.8, 4) is 0 Å². The molecule has 2 aliphatic rings. The average molecular weight is 265 g/mol. The first-order valence-electron chi connectivity index (χ1n) is 4.75. The van der Waals surface area contributed by atoms with Gasteiger partial charge in [-0.05, 0) is 12.8 Å². The number of sulfonamides is 1. The number of hydrogen-bond donors (Lipinski definition) is 0. The fourth-order valence-corrected chi connectivity index (χ4v) is 3.74. The van der Waals surface area contributed by atoms with E-state index in [0.717, 1.165) is 11.6 Å². The van der Waals surface area contributed by atoms with E-state index in [1.54, 1.807) is 0 Å². The predicted octanol–water partition coefficient (Wildman–Crippen LogP) is -0.164. The molecule has 0 aliphatic carbocycles. The predicted molar refractivity (Wildman–Crippen MR) is 58.3 cm³/mol. The standard InChI is InChI=1S/C8H11NO5S2/c10-15(11)3-1-7(2-4-15)14-8-5-9-16(12,13)6-8/h5-7H,1-4H2. The highest BCUT2D eigenvalue weighted by atomic mass is 32.2. The van der Waals surface area contributed by atoms with Gasteiger partial charge in [-0.2, -0.15) is 12.8 Å². The van der Waals surface area contributed by atoms with E-state index in [1.165, 1.54) is 0 Å². The number of allylic oxidation sites excluding steroid dienone is 1. The van der Waals surface area contributed by atoms with E-state index >= 15 is 0 Å². The molecule has 90 valence electrons. The van der Waals surface area contributed by atoms with Gasteiger partial charge in [0.2, 0.25) is 0 Å². The van der Waals surface area contributed by atoms with Crippen LogP contribution in [0.3, 0.4) is 0 Å². The molecule has 0 atom stereocenters. The smallest absolute Gasteiger partial charge is 0.279 e. The third kappa shape index (κ3) is 2.82. The van der Waals surface area contributed by atoms with Crippen LogP contribution in [0.4, 0.5) is 0 Å². The molecule has 0 unspecified atom stereocenters. The zero-order valence-corrected chi connectivity index (χ0v) is 10.00. The maximum absolute atomic E-state index is 11.1. The Balaban J connectivity index is 1.97. The molecule has 0 radical (unpaired) electrons. The second-order valence-corrected chi connectivity index (χ2v) is 7.52. The summed E-state index contributed by atoms with van der Waals surface area (Å²) in [6.45, 7) is 0. The molecule has 8 heteroatoms. The van der Waals surface area contributed by atoms with Crippen molar-refractivity contribution in [2.75, 3.05) is 11.5 Å². The maximum atomic E-state index is 11.1. The van der Waals surface area contributed by atoms with Gasteiger partial charge in [-0.25, -0.2) is 8.42 Å². The van der Waals surface area contributed by atoms with Crippen molar-refractivity contribution < 1.29 is 21.6 Å². The summed E-state index contributed by atoms with van der Waals surface area (Å²) in [6.07, 6.45) is 1.69. The van der Waals surface area contributed by atoms with Crippen LogP contribution < -0.4 is 0 Å². The van der Waals surface area contributed by atoms with E-state index in [0.29, 0.717) is 12.8 Å². The molecule has 0 aromatic heterocycles. The second-order valence-electron chi connectivity index (χ2n) is 3.74. The summed E-state index contributed by atoms with van der Waals surface area (Å²) in [7, 11) is -6.43. The van der Waals surface area contributed by atoms with E-state index < -0.39 is 19.9 Å². The topological polar surface area (TPSA) is 89.9 Å². The summed E-state index contributed by atoms with van der Waals surface area (Å²) in [4.78, 5) is 0. The molecule has 16 heavy (non-hydrogen) atoms. The van der Waals surface area contributed by atoms with Crippen molar-refractivity contribution in [3.63, 3.8) is 0 Å². The van der Waals surface area contributed by atoms with Crippen molar-refractivity contribution in [1.29, 1.82) is 0 Å². The van der Waals surface area contributed by atoms with Crippen molar-refractivity contribution in [1.82, 2.24) is 0 Å². The van der Waals surface area contributed by atoms with E-state index in [4.69, 9.17) is 4.74 Å². The summed E-state index contributed by atoms with van der Waals surface area (Å²) in [6, 6.07) is 0. The minimum atomic E-state index is -3.50. The van der Waals surface area contributed by atoms with Crippen LogP contribution in [0.2, 0.25) is 0 Å². The van der Waals surface area contributed by atoms with E-state index in [1.807, 2.05) is 0 Å². The summed E-state index contributed by atoms with van der Waals surface area (Å²) < 4.78 is 52.8. The molecule has 1 fully saturated rings. The molecule has 0 saturated carbocycles. The van der Waals surface area contributed by atoms with Gasteiger partial charge in [-0.15, -0.1) is 0 Å². The van der Waals surface area contributed by atoms with E-state index in [2.05, 4.69) is 4.40 Å². The normalized spacial score (nSPS) is 27.6. The molecule has 1 saturated heterocycles. The molecular formula is C8H11NO5S2. The summed E-state index contributed by atoms with van der Waals surface area (Å²) >= 11 is 0. The molecule has 2 heterocycles. The number of rotatable bonds is 2. The maximum Gasteiger partial charge on any atom is 0.279 e. The first kappa shape index (κ1) is 11.6. The van der Waals surface area contributed by atoms with Gasteiger partial charge in [-0.1, -0.05) is 0 Å². The van der Waals surface area contributed by atoms with Gasteiger partial charge in [0.15, 0.2) is 15.6 Å². The Morgan fingerprint density at radius 1 is 1.19 bits per heavy atom. The summed E-state index contributed by atoms with van der Waals surface area (Å²) in [5.41, 5.74) is 0. The molecule has 2 aliphatic heterocycles. The van der Waals surface area contributed by atoms with Gasteiger partial charge in [0.25, 0.3) is 10.0 Å². The first-order valence-corrected chi connectivity index (χ1v) is 8.08. The van der Waals surface area contributed by atoms with Gasteiger partial charge in [0.05, 0.1) is 23.1 Å². The Morgan fingerprint density at radius 2 is 1.81 bits per heavy atom. The van der Waals surface area contributed by atoms with E-state index in [9.17, 15) is 16.8 Å². The van der Waals surface area contributed by atoms with Crippen LogP contribution in [-0.2, 0) is 24.6 Å². The summed E-state index contributed by atoms with van der Waals surface area (Å²) in [5.74, 6) is 0.369. The lowest BCUT2D eigenvalue weighted by Gasteiger charge is -2.22. The van der Waals surface area contributed by atoms with Gasteiger partial charge in [0.1, 0.15) is 6.10 Å². The average Bonchev–Trinajstić information content (AvgIpc) is 2.50. The van der Waals surface area contributed by atoms with Gasteiger partial charge in [-0.3, -0.25) is 0 Å². The highest BCUT2D eigenvalue weighted by Crippen LogP contribution is 2.20. The first-order chi connectivity index (χ1) is 7.36. The van der Waals surface area contributed by atoms with Crippen LogP contribution in [0.15, 0.2) is 15.6 Å². The molecule has 0 spiro atoms. The zero-order valence-electron chi connectivity index (χ0n) is 8.37. The quantitative estimate of drug-likeness (QED) is 0.691. The molecule has 0 bridgehead atoms. The van der Waals surface area contributed by atoms with Crippen LogP contribution in [0.25, 0.3) is 0 Å². The number of hydrogen-bond acceptors (Lipinski definition) is 5. The van der Waals surface area contributed by atoms with E-state index in [-0.39, 0.29) is 23.4 Å². The zero-order chi connectivity index (χ0) is 11.8. The minimum Gasteiger partial charge on any atom is -0.488 e. The summed E-state index contributed by atoms with van der Waals surface area (Å²) in [5, 5.41) is 0.941. The van der Waals surface area contributed by atoms with Gasteiger partial charge >= 0.3 is 0 Å². The van der Waals surface area contributed by atoms with Crippen LogP contribution in [-0.4, -0.2) is 40.7 Å². The van der Waals surface area contributed by atoms with Crippen LogP contribution in [0.5, 0.6) is 0 Å². The SMILES string of the molecule is O=S1(=O)CCC(OC2=CS(=O)(=O)N=C2)CC1. The Morgan fingerprint density at radius 3 is 2.31 bits per heavy atom. The Labute approximate surface area is 94.0 Å². The molecule has 0 aromatic rings. The lowest BCUT2D eigenvalue weighted by molar-refractivity contribution is 0.122. The molecule has 6 nitrogen and oxygen atoms in total. The molecule has 0 amide bonds. The molecule has 0 N–H and O–H groups in total. The Bertz CT molecular complexity index is 529. The number of sulfone groups is 1. The highest BCUT2D eigenvalue weighted by molar-refractivity contribution is 7.93. The Kier molecular flexibility index (Phi) is 2.79.